The topological polar surface area (TPSA) is 112 Å². The fraction of sp³-hybridized carbons (Fsp3) is 0.625. The van der Waals surface area contributed by atoms with E-state index >= 15 is 0 Å². The number of urea groups is 1. The van der Waals surface area contributed by atoms with Gasteiger partial charge in [-0.3, -0.25) is 4.79 Å². The molecule has 0 aliphatic carbocycles. The number of carbonyl (C=O) groups excluding carboxylic acids is 2. The lowest BCUT2D eigenvalue weighted by Gasteiger charge is -2.26. The van der Waals surface area contributed by atoms with E-state index in [1.54, 1.807) is 18.7 Å². The van der Waals surface area contributed by atoms with Crippen molar-refractivity contribution in [2.24, 2.45) is 0 Å². The van der Waals surface area contributed by atoms with Gasteiger partial charge in [0, 0.05) is 12.6 Å². The van der Waals surface area contributed by atoms with Gasteiger partial charge in [0.05, 0.1) is 11.7 Å². The van der Waals surface area contributed by atoms with Gasteiger partial charge < -0.3 is 20.6 Å². The average molecular weight is 368 g/mol. The summed E-state index contributed by atoms with van der Waals surface area (Å²) in [5.74, 6) is -1.26. The number of carboxylic acid groups (broad SMARTS) is 1. The molecule has 2 rings (SSSR count). The Bertz CT molecular complexity index is 673. The number of carbonyl (C=O) groups is 3. The van der Waals surface area contributed by atoms with Gasteiger partial charge in [-0.15, -0.1) is 11.3 Å². The lowest BCUT2D eigenvalue weighted by atomic mass is 10.2. The summed E-state index contributed by atoms with van der Waals surface area (Å²) in [7, 11) is 0. The summed E-state index contributed by atoms with van der Waals surface area (Å²) in [4.78, 5) is 41.9. The molecule has 1 unspecified atom stereocenters. The number of carboxylic acids is 1. The lowest BCUT2D eigenvalue weighted by molar-refractivity contribution is -0.125. The molecule has 1 aliphatic heterocycles. The first-order chi connectivity index (χ1) is 11.7. The number of nitrogens with zero attached hydrogens (tertiary/aromatic N) is 2. The number of amides is 3. The SMILES string of the molecule is Cc1nc(C(C)NC(=O)[C@@H]2CCCN2C(=O)NC(C)C)sc1C(=O)O. The van der Waals surface area contributed by atoms with Gasteiger partial charge in [0.1, 0.15) is 15.9 Å². The van der Waals surface area contributed by atoms with E-state index in [0.717, 1.165) is 17.8 Å². The average Bonchev–Trinajstić information content (AvgIpc) is 3.12. The summed E-state index contributed by atoms with van der Waals surface area (Å²) in [6.45, 7) is 7.68. The highest BCUT2D eigenvalue weighted by Gasteiger charge is 2.35. The van der Waals surface area contributed by atoms with Crippen LogP contribution in [0.1, 0.15) is 60.0 Å². The van der Waals surface area contributed by atoms with Crippen LogP contribution >= 0.6 is 11.3 Å². The Morgan fingerprint density at radius 2 is 1.96 bits per heavy atom. The molecule has 2 atom stereocenters. The quantitative estimate of drug-likeness (QED) is 0.735. The second-order valence-corrected chi connectivity index (χ2v) is 7.49. The van der Waals surface area contributed by atoms with Crippen molar-refractivity contribution in [3.05, 3.63) is 15.6 Å². The molecule has 1 aromatic heterocycles. The summed E-state index contributed by atoms with van der Waals surface area (Å²) in [6.07, 6.45) is 1.39. The van der Waals surface area contributed by atoms with Gasteiger partial charge in [0.25, 0.3) is 0 Å². The summed E-state index contributed by atoms with van der Waals surface area (Å²) >= 11 is 1.06. The first-order valence-corrected chi connectivity index (χ1v) is 9.10. The maximum absolute atomic E-state index is 12.6. The molecule has 2 heterocycles. The Balaban J connectivity index is 2.04. The first-order valence-electron chi connectivity index (χ1n) is 8.28. The van der Waals surface area contributed by atoms with Crippen LogP contribution in [0.3, 0.4) is 0 Å². The van der Waals surface area contributed by atoms with Crippen molar-refractivity contribution in [2.45, 2.75) is 58.7 Å². The van der Waals surface area contributed by atoms with Crippen molar-refractivity contribution >= 4 is 29.2 Å². The standard InChI is InChI=1S/C16H24N4O4S/c1-8(2)17-16(24)20-7-5-6-11(20)13(21)18-10(4)14-19-9(3)12(25-14)15(22)23/h8,10-11H,5-7H2,1-4H3,(H,17,24)(H,18,21)(H,22,23)/t10?,11-/m0/s1. The molecule has 1 saturated heterocycles. The normalized spacial score (nSPS) is 18.3. The largest absolute Gasteiger partial charge is 0.477 e. The zero-order valence-electron chi connectivity index (χ0n) is 14.8. The molecule has 1 fully saturated rings. The van der Waals surface area contributed by atoms with Crippen molar-refractivity contribution in [1.82, 2.24) is 20.5 Å². The highest BCUT2D eigenvalue weighted by atomic mass is 32.1. The lowest BCUT2D eigenvalue weighted by Crippen LogP contribution is -2.51. The summed E-state index contributed by atoms with van der Waals surface area (Å²) in [6, 6.07) is -1.16. The summed E-state index contributed by atoms with van der Waals surface area (Å²) < 4.78 is 0. The molecule has 138 valence electrons. The van der Waals surface area contributed by atoms with Crippen molar-refractivity contribution < 1.29 is 19.5 Å². The first kappa shape index (κ1) is 19.2. The van der Waals surface area contributed by atoms with E-state index < -0.39 is 18.1 Å². The Labute approximate surface area is 150 Å². The molecule has 0 radical (unpaired) electrons. The van der Waals surface area contributed by atoms with Gasteiger partial charge in [-0.05, 0) is 40.5 Å². The zero-order valence-corrected chi connectivity index (χ0v) is 15.6. The van der Waals surface area contributed by atoms with Gasteiger partial charge in [-0.1, -0.05) is 0 Å². The molecule has 0 aromatic carbocycles. The van der Waals surface area contributed by atoms with Gasteiger partial charge in [0.2, 0.25) is 5.91 Å². The minimum atomic E-state index is -1.02. The Morgan fingerprint density at radius 3 is 2.52 bits per heavy atom. The number of nitrogens with one attached hydrogen (secondary N) is 2. The van der Waals surface area contributed by atoms with Crippen molar-refractivity contribution in [1.29, 1.82) is 0 Å². The van der Waals surface area contributed by atoms with Gasteiger partial charge in [-0.2, -0.15) is 0 Å². The number of hydrogen-bond acceptors (Lipinski definition) is 5. The monoisotopic (exact) mass is 368 g/mol. The molecule has 3 amide bonds. The number of thiazole rings is 1. The van der Waals surface area contributed by atoms with Crippen LogP contribution < -0.4 is 10.6 Å². The molecule has 0 spiro atoms. The number of hydrogen-bond donors (Lipinski definition) is 3. The molecule has 0 bridgehead atoms. The summed E-state index contributed by atoms with van der Waals surface area (Å²) in [5, 5.41) is 15.3. The molecular weight excluding hydrogens is 344 g/mol. The van der Waals surface area contributed by atoms with Crippen LogP contribution in [0.25, 0.3) is 0 Å². The third-order valence-corrected chi connectivity index (χ3v) is 5.29. The molecule has 0 saturated carbocycles. The Morgan fingerprint density at radius 1 is 1.28 bits per heavy atom. The summed E-state index contributed by atoms with van der Waals surface area (Å²) in [5.41, 5.74) is 0.437. The number of aromatic nitrogens is 1. The zero-order chi connectivity index (χ0) is 18.7. The third kappa shape index (κ3) is 4.47. The molecule has 1 aliphatic rings. The number of aromatic carboxylic acids is 1. The maximum Gasteiger partial charge on any atom is 0.347 e. The van der Waals surface area contributed by atoms with E-state index in [1.807, 2.05) is 13.8 Å². The van der Waals surface area contributed by atoms with E-state index in [1.165, 1.54) is 0 Å². The van der Waals surface area contributed by atoms with Crippen LogP contribution in [0.5, 0.6) is 0 Å². The Hall–Kier alpha value is -2.16. The van der Waals surface area contributed by atoms with Crippen LogP contribution in [0.2, 0.25) is 0 Å². The molecular formula is C16H24N4O4S. The van der Waals surface area contributed by atoms with E-state index in [4.69, 9.17) is 5.11 Å². The second kappa shape index (κ2) is 7.81. The van der Waals surface area contributed by atoms with Crippen LogP contribution in [0, 0.1) is 6.92 Å². The van der Waals surface area contributed by atoms with Crippen molar-refractivity contribution in [2.75, 3.05) is 6.54 Å². The van der Waals surface area contributed by atoms with E-state index in [-0.39, 0.29) is 22.9 Å². The third-order valence-electron chi connectivity index (χ3n) is 3.97. The van der Waals surface area contributed by atoms with Crippen molar-refractivity contribution in [3.63, 3.8) is 0 Å². The van der Waals surface area contributed by atoms with Gasteiger partial charge in [-0.25, -0.2) is 14.6 Å². The van der Waals surface area contributed by atoms with Crippen molar-refractivity contribution in [3.8, 4) is 0 Å². The predicted octanol–water partition coefficient (Wildman–Crippen LogP) is 1.91. The molecule has 25 heavy (non-hydrogen) atoms. The van der Waals surface area contributed by atoms with E-state index in [9.17, 15) is 14.4 Å². The molecule has 8 nitrogen and oxygen atoms in total. The van der Waals surface area contributed by atoms with Crippen LogP contribution in [0.15, 0.2) is 0 Å². The number of rotatable bonds is 5. The number of likely N-dealkylation sites (tertiary alicyclic amines) is 1. The molecule has 1 aromatic rings. The number of aryl methyl sites for hydroxylation is 1. The predicted molar refractivity (Wildman–Crippen MR) is 93.8 cm³/mol. The van der Waals surface area contributed by atoms with Crippen LogP contribution in [0.4, 0.5) is 4.79 Å². The van der Waals surface area contributed by atoms with Gasteiger partial charge in [0.15, 0.2) is 0 Å². The van der Waals surface area contributed by atoms with E-state index in [0.29, 0.717) is 23.7 Å². The molecule has 3 N–H and O–H groups in total. The maximum atomic E-state index is 12.6. The highest BCUT2D eigenvalue weighted by Crippen LogP contribution is 2.25. The fourth-order valence-corrected chi connectivity index (χ4v) is 3.69. The molecule has 9 heteroatoms. The minimum Gasteiger partial charge on any atom is -0.477 e. The second-order valence-electron chi connectivity index (χ2n) is 6.46. The van der Waals surface area contributed by atoms with Crippen LogP contribution in [-0.4, -0.2) is 51.5 Å². The highest BCUT2D eigenvalue weighted by molar-refractivity contribution is 7.13. The van der Waals surface area contributed by atoms with Gasteiger partial charge >= 0.3 is 12.0 Å². The fourth-order valence-electron chi connectivity index (χ4n) is 2.78. The smallest absolute Gasteiger partial charge is 0.347 e. The minimum absolute atomic E-state index is 0.00321. The van der Waals surface area contributed by atoms with Crippen LogP contribution in [-0.2, 0) is 4.79 Å². The van der Waals surface area contributed by atoms with E-state index in [2.05, 4.69) is 15.6 Å². The Kier molecular flexibility index (Phi) is 5.99.